The predicted octanol–water partition coefficient (Wildman–Crippen LogP) is 4.04. The van der Waals surface area contributed by atoms with Crippen LogP contribution in [0.1, 0.15) is 44.1 Å². The van der Waals surface area contributed by atoms with Crippen molar-refractivity contribution < 1.29 is 27.6 Å². The Morgan fingerprint density at radius 3 is 2.61 bits per heavy atom. The van der Waals surface area contributed by atoms with Gasteiger partial charge in [0.25, 0.3) is 5.92 Å². The van der Waals surface area contributed by atoms with E-state index >= 15 is 0 Å². The van der Waals surface area contributed by atoms with Crippen molar-refractivity contribution in [3.63, 3.8) is 0 Å². The molecule has 194 valence electrons. The van der Waals surface area contributed by atoms with Gasteiger partial charge in [-0.2, -0.15) is 0 Å². The van der Waals surface area contributed by atoms with E-state index < -0.39 is 42.6 Å². The van der Waals surface area contributed by atoms with Gasteiger partial charge in [-0.1, -0.05) is 29.8 Å². The van der Waals surface area contributed by atoms with E-state index in [0.717, 1.165) is 42.1 Å². The third kappa shape index (κ3) is 7.94. The van der Waals surface area contributed by atoms with Gasteiger partial charge >= 0.3 is 0 Å². The standard InChI is InChI=1S/C21H21ClF3N3O2.C4H7NO/c22-18-6-2-1-4-14(18)5-3-7-19(20(30)27-16-9-21(24,25)10-16)28(13-29)17-8-15(23)11-26-12-17;6-4-2-1-3-5-4/h1-2,4,6,8,11-13,16,19H,3,5,7,9-10H2,(H,27,30);1-3H2,(H,5,6). The fourth-order valence-corrected chi connectivity index (χ4v) is 4.30. The molecule has 11 heteroatoms. The van der Waals surface area contributed by atoms with Gasteiger partial charge in [0.1, 0.15) is 11.9 Å². The molecule has 3 amide bonds. The summed E-state index contributed by atoms with van der Waals surface area (Å²) in [6.45, 7) is 0.888. The minimum absolute atomic E-state index is 0.113. The highest BCUT2D eigenvalue weighted by Crippen LogP contribution is 2.37. The summed E-state index contributed by atoms with van der Waals surface area (Å²) in [5.74, 6) is -3.80. The maximum atomic E-state index is 13.6. The Kier molecular flexibility index (Phi) is 9.69. The molecule has 7 nitrogen and oxygen atoms in total. The zero-order valence-corrected chi connectivity index (χ0v) is 20.3. The summed E-state index contributed by atoms with van der Waals surface area (Å²) in [5, 5.41) is 5.85. The van der Waals surface area contributed by atoms with Gasteiger partial charge in [0.05, 0.1) is 18.1 Å². The maximum absolute atomic E-state index is 13.6. The van der Waals surface area contributed by atoms with Crippen molar-refractivity contribution in [1.82, 2.24) is 15.6 Å². The molecule has 2 N–H and O–H groups in total. The third-order valence-corrected chi connectivity index (χ3v) is 6.33. The first kappa shape index (κ1) is 27.4. The molecular formula is C25H28ClF3N4O3. The first-order chi connectivity index (χ1) is 17.2. The Morgan fingerprint density at radius 2 is 2.06 bits per heavy atom. The van der Waals surface area contributed by atoms with Crippen molar-refractivity contribution in [2.45, 2.75) is 63.0 Å². The molecule has 1 saturated heterocycles. The van der Waals surface area contributed by atoms with Gasteiger partial charge in [0.2, 0.25) is 18.2 Å². The molecule has 36 heavy (non-hydrogen) atoms. The van der Waals surface area contributed by atoms with Crippen molar-refractivity contribution in [2.75, 3.05) is 11.4 Å². The molecule has 1 aromatic carbocycles. The smallest absolute Gasteiger partial charge is 0.252 e. The molecule has 1 aliphatic carbocycles. The van der Waals surface area contributed by atoms with Crippen LogP contribution in [0.2, 0.25) is 5.02 Å². The molecule has 1 unspecified atom stereocenters. The van der Waals surface area contributed by atoms with Crippen molar-refractivity contribution in [2.24, 2.45) is 0 Å². The lowest BCUT2D eigenvalue weighted by Crippen LogP contribution is -2.55. The van der Waals surface area contributed by atoms with Crippen LogP contribution in [0, 0.1) is 5.82 Å². The average molecular weight is 525 g/mol. The number of anilines is 1. The topological polar surface area (TPSA) is 91.4 Å². The fourth-order valence-electron chi connectivity index (χ4n) is 4.07. The Hall–Kier alpha value is -3.14. The van der Waals surface area contributed by atoms with Crippen LogP contribution in [0.15, 0.2) is 42.7 Å². The molecule has 0 spiro atoms. The predicted molar refractivity (Wildman–Crippen MR) is 129 cm³/mol. The molecule has 1 aromatic heterocycles. The number of benzene rings is 1. The first-order valence-corrected chi connectivity index (χ1v) is 12.1. The van der Waals surface area contributed by atoms with Gasteiger partial charge in [-0.15, -0.1) is 0 Å². The molecule has 2 fully saturated rings. The molecule has 0 radical (unpaired) electrons. The summed E-state index contributed by atoms with van der Waals surface area (Å²) in [7, 11) is 0. The van der Waals surface area contributed by atoms with Gasteiger partial charge in [-0.25, -0.2) is 13.2 Å². The number of aryl methyl sites for hydroxylation is 1. The summed E-state index contributed by atoms with van der Waals surface area (Å²) in [4.78, 5) is 39.5. The van der Waals surface area contributed by atoms with Crippen molar-refractivity contribution in [1.29, 1.82) is 0 Å². The molecule has 4 rings (SSSR count). The molecule has 2 aromatic rings. The lowest BCUT2D eigenvalue weighted by Gasteiger charge is -2.37. The lowest BCUT2D eigenvalue weighted by atomic mass is 9.88. The van der Waals surface area contributed by atoms with E-state index in [9.17, 15) is 27.6 Å². The van der Waals surface area contributed by atoms with Gasteiger partial charge in [0, 0.05) is 42.9 Å². The monoisotopic (exact) mass is 524 g/mol. The highest BCUT2D eigenvalue weighted by atomic mass is 35.5. The van der Waals surface area contributed by atoms with Crippen LogP contribution in [0.5, 0.6) is 0 Å². The number of alkyl halides is 2. The zero-order valence-electron chi connectivity index (χ0n) is 19.6. The highest BCUT2D eigenvalue weighted by Gasteiger charge is 2.46. The van der Waals surface area contributed by atoms with Crippen molar-refractivity contribution in [3.05, 3.63) is 59.1 Å². The summed E-state index contributed by atoms with van der Waals surface area (Å²) in [5.41, 5.74) is 1.00. The number of nitrogens with one attached hydrogen (secondary N) is 2. The van der Waals surface area contributed by atoms with Crippen LogP contribution in [0.25, 0.3) is 0 Å². The molecule has 2 aliphatic rings. The lowest BCUT2D eigenvalue weighted by molar-refractivity contribution is -0.131. The SMILES string of the molecule is O=C1CCCN1.O=CN(c1cncc(F)c1)C(CCCc1ccccc1Cl)C(=O)NC1CC(F)(F)C1. The minimum Gasteiger partial charge on any atom is -0.356 e. The van der Waals surface area contributed by atoms with Gasteiger partial charge < -0.3 is 15.5 Å². The third-order valence-electron chi connectivity index (χ3n) is 5.96. The molecular weight excluding hydrogens is 497 g/mol. The minimum atomic E-state index is -2.78. The summed E-state index contributed by atoms with van der Waals surface area (Å²) in [6, 6.07) is 6.71. The summed E-state index contributed by atoms with van der Waals surface area (Å²) < 4.78 is 39.8. The molecule has 0 bridgehead atoms. The Bertz CT molecular complexity index is 1060. The fraction of sp³-hybridized carbons (Fsp3) is 0.440. The number of carbonyl (C=O) groups is 3. The van der Waals surface area contributed by atoms with Crippen LogP contribution < -0.4 is 15.5 Å². The second-order valence-corrected chi connectivity index (χ2v) is 9.20. The number of carbonyl (C=O) groups excluding carboxylic acids is 3. The number of aromatic nitrogens is 1. The van der Waals surface area contributed by atoms with Gasteiger partial charge in [-0.05, 0) is 37.3 Å². The van der Waals surface area contributed by atoms with Crippen molar-refractivity contribution >= 4 is 35.5 Å². The molecule has 1 aliphatic heterocycles. The van der Waals surface area contributed by atoms with Crippen LogP contribution in [0.3, 0.4) is 0 Å². The Balaban J connectivity index is 0.000000526. The molecule has 1 saturated carbocycles. The number of hydrogen-bond acceptors (Lipinski definition) is 4. The number of hydrogen-bond donors (Lipinski definition) is 2. The van der Waals surface area contributed by atoms with Crippen LogP contribution >= 0.6 is 11.6 Å². The normalized spacial score (nSPS) is 17.2. The second-order valence-electron chi connectivity index (χ2n) is 8.80. The Morgan fingerprint density at radius 1 is 1.31 bits per heavy atom. The van der Waals surface area contributed by atoms with E-state index in [1.54, 1.807) is 6.07 Å². The van der Waals surface area contributed by atoms with Crippen LogP contribution in [-0.4, -0.2) is 47.8 Å². The Labute approximate surface area is 212 Å². The number of halogens is 4. The first-order valence-electron chi connectivity index (χ1n) is 11.7. The van der Waals surface area contributed by atoms with E-state index in [1.807, 2.05) is 18.2 Å². The zero-order chi connectivity index (χ0) is 26.1. The quantitative estimate of drug-likeness (QED) is 0.484. The maximum Gasteiger partial charge on any atom is 0.252 e. The number of rotatable bonds is 9. The summed E-state index contributed by atoms with van der Waals surface area (Å²) in [6.07, 6.45) is 4.84. The van der Waals surface area contributed by atoms with Gasteiger partial charge in [0.15, 0.2) is 0 Å². The summed E-state index contributed by atoms with van der Waals surface area (Å²) >= 11 is 6.16. The molecule has 2 heterocycles. The van der Waals surface area contributed by atoms with E-state index in [4.69, 9.17) is 11.6 Å². The van der Waals surface area contributed by atoms with E-state index in [1.165, 1.54) is 6.20 Å². The van der Waals surface area contributed by atoms with Gasteiger partial charge in [-0.3, -0.25) is 19.4 Å². The van der Waals surface area contributed by atoms with Crippen LogP contribution in [-0.2, 0) is 20.8 Å². The largest absolute Gasteiger partial charge is 0.356 e. The second kappa shape index (κ2) is 12.7. The van der Waals surface area contributed by atoms with Crippen LogP contribution in [0.4, 0.5) is 18.9 Å². The van der Waals surface area contributed by atoms with E-state index in [0.29, 0.717) is 24.3 Å². The number of pyridine rings is 1. The molecule has 1 atom stereocenters. The highest BCUT2D eigenvalue weighted by molar-refractivity contribution is 6.31. The average Bonchev–Trinajstić information content (AvgIpc) is 3.30. The van der Waals surface area contributed by atoms with Crippen molar-refractivity contribution in [3.8, 4) is 0 Å². The number of amides is 3. The van der Waals surface area contributed by atoms with E-state index in [-0.39, 0.29) is 18.0 Å². The van der Waals surface area contributed by atoms with E-state index in [2.05, 4.69) is 15.6 Å². The number of nitrogens with zero attached hydrogens (tertiary/aromatic N) is 2.